The maximum atomic E-state index is 11.0. The van der Waals surface area contributed by atoms with Gasteiger partial charge in [-0.15, -0.1) is 0 Å². The highest BCUT2D eigenvalue weighted by Gasteiger charge is 2.25. The van der Waals surface area contributed by atoms with Crippen LogP contribution in [-0.2, 0) is 4.79 Å². The summed E-state index contributed by atoms with van der Waals surface area (Å²) >= 11 is 0. The zero-order chi connectivity index (χ0) is 16.0. The molecule has 21 heavy (non-hydrogen) atoms. The fraction of sp³-hybridized carbons (Fsp3) is 0.562. The summed E-state index contributed by atoms with van der Waals surface area (Å²) in [5.74, 6) is -0.191. The lowest BCUT2D eigenvalue weighted by molar-refractivity contribution is -0.138. The van der Waals surface area contributed by atoms with E-state index in [1.54, 1.807) is 7.11 Å². The zero-order valence-electron chi connectivity index (χ0n) is 13.1. The fourth-order valence-corrected chi connectivity index (χ4v) is 2.53. The fourth-order valence-electron chi connectivity index (χ4n) is 2.53. The molecule has 0 radical (unpaired) electrons. The lowest BCUT2D eigenvalue weighted by Gasteiger charge is -2.26. The van der Waals surface area contributed by atoms with E-state index in [0.29, 0.717) is 6.54 Å². The van der Waals surface area contributed by atoms with E-state index in [2.05, 4.69) is 5.32 Å². The van der Waals surface area contributed by atoms with Gasteiger partial charge in [0.1, 0.15) is 5.75 Å². The van der Waals surface area contributed by atoms with Crippen LogP contribution in [0.1, 0.15) is 42.6 Å². The Morgan fingerprint density at radius 3 is 2.33 bits per heavy atom. The maximum Gasteiger partial charge on any atom is 0.305 e. The molecule has 2 unspecified atom stereocenters. The van der Waals surface area contributed by atoms with E-state index in [4.69, 9.17) is 9.84 Å². The topological polar surface area (TPSA) is 78.8 Å². The number of aliphatic hydroxyl groups is 1. The van der Waals surface area contributed by atoms with Crippen molar-refractivity contribution >= 4 is 5.97 Å². The van der Waals surface area contributed by atoms with Crippen LogP contribution in [-0.4, -0.2) is 35.9 Å². The number of carboxylic acid groups (broad SMARTS) is 1. The van der Waals surface area contributed by atoms with E-state index in [9.17, 15) is 9.90 Å². The first kappa shape index (κ1) is 17.5. The molecule has 1 aromatic rings. The normalized spacial score (nSPS) is 13.8. The molecule has 1 rings (SSSR count). The molecule has 0 aliphatic heterocycles. The summed E-state index contributed by atoms with van der Waals surface area (Å²) in [4.78, 5) is 11.0. The van der Waals surface area contributed by atoms with Crippen LogP contribution in [0.25, 0.3) is 0 Å². The SMILES string of the molecule is CCCNC(CC(=O)O)C(O)c1c(C)cc(OC)cc1C. The number of hydrogen-bond donors (Lipinski definition) is 3. The highest BCUT2D eigenvalue weighted by molar-refractivity contribution is 5.67. The summed E-state index contributed by atoms with van der Waals surface area (Å²) in [6, 6.07) is 3.19. The first-order valence-corrected chi connectivity index (χ1v) is 7.19. The number of ether oxygens (including phenoxy) is 1. The van der Waals surface area contributed by atoms with Gasteiger partial charge in [0.25, 0.3) is 0 Å². The van der Waals surface area contributed by atoms with Crippen molar-refractivity contribution in [3.8, 4) is 5.75 Å². The predicted molar refractivity (Wildman–Crippen MR) is 81.8 cm³/mol. The molecular formula is C16H25NO4. The molecule has 118 valence electrons. The third-order valence-electron chi connectivity index (χ3n) is 3.53. The highest BCUT2D eigenvalue weighted by atomic mass is 16.5. The van der Waals surface area contributed by atoms with Crippen LogP contribution in [0, 0.1) is 13.8 Å². The minimum atomic E-state index is -0.925. The second kappa shape index (κ2) is 8.00. The number of carboxylic acids is 1. The van der Waals surface area contributed by atoms with E-state index in [1.807, 2.05) is 32.9 Å². The van der Waals surface area contributed by atoms with Gasteiger partial charge in [-0.05, 0) is 55.6 Å². The van der Waals surface area contributed by atoms with Gasteiger partial charge in [-0.3, -0.25) is 4.79 Å². The summed E-state index contributed by atoms with van der Waals surface area (Å²) in [6.45, 7) is 6.46. The van der Waals surface area contributed by atoms with E-state index in [1.165, 1.54) is 0 Å². The number of aryl methyl sites for hydroxylation is 2. The molecule has 0 aliphatic rings. The van der Waals surface area contributed by atoms with Gasteiger partial charge < -0.3 is 20.3 Å². The monoisotopic (exact) mass is 295 g/mol. The Labute approximate surface area is 125 Å². The molecule has 2 atom stereocenters. The summed E-state index contributed by atoms with van der Waals surface area (Å²) in [5, 5.41) is 22.8. The molecule has 3 N–H and O–H groups in total. The van der Waals surface area contributed by atoms with Crippen molar-refractivity contribution in [3.05, 3.63) is 28.8 Å². The lowest BCUT2D eigenvalue weighted by Crippen LogP contribution is -2.38. The van der Waals surface area contributed by atoms with E-state index >= 15 is 0 Å². The first-order chi connectivity index (χ1) is 9.90. The molecule has 1 aromatic carbocycles. The summed E-state index contributed by atoms with van der Waals surface area (Å²) < 4.78 is 5.21. The second-order valence-electron chi connectivity index (χ2n) is 5.28. The molecule has 5 heteroatoms. The Morgan fingerprint density at radius 2 is 1.90 bits per heavy atom. The number of rotatable bonds is 8. The van der Waals surface area contributed by atoms with Gasteiger partial charge in [0.05, 0.1) is 19.6 Å². The number of aliphatic carboxylic acids is 1. The van der Waals surface area contributed by atoms with Gasteiger partial charge >= 0.3 is 5.97 Å². The molecule has 5 nitrogen and oxygen atoms in total. The molecule has 0 amide bonds. The molecule has 0 saturated heterocycles. The van der Waals surface area contributed by atoms with Crippen molar-refractivity contribution in [3.63, 3.8) is 0 Å². The van der Waals surface area contributed by atoms with Gasteiger partial charge in [-0.1, -0.05) is 6.92 Å². The third kappa shape index (κ3) is 4.72. The number of benzene rings is 1. The molecular weight excluding hydrogens is 270 g/mol. The lowest BCUT2D eigenvalue weighted by atomic mass is 9.92. The number of aliphatic hydroxyl groups excluding tert-OH is 1. The second-order valence-corrected chi connectivity index (χ2v) is 5.28. The number of carbonyl (C=O) groups is 1. The van der Waals surface area contributed by atoms with E-state index < -0.39 is 18.1 Å². The van der Waals surface area contributed by atoms with Crippen molar-refractivity contribution < 1.29 is 19.7 Å². The van der Waals surface area contributed by atoms with E-state index in [0.717, 1.165) is 28.9 Å². The van der Waals surface area contributed by atoms with Gasteiger partial charge in [0.2, 0.25) is 0 Å². The summed E-state index contributed by atoms with van der Waals surface area (Å²) in [6.07, 6.45) is -0.103. The van der Waals surface area contributed by atoms with Crippen molar-refractivity contribution in [2.75, 3.05) is 13.7 Å². The van der Waals surface area contributed by atoms with Crippen LogP contribution >= 0.6 is 0 Å². The van der Waals surface area contributed by atoms with Crippen LogP contribution in [0.15, 0.2) is 12.1 Å². The van der Waals surface area contributed by atoms with E-state index in [-0.39, 0.29) is 6.42 Å². The average Bonchev–Trinajstić information content (AvgIpc) is 2.41. The Hall–Kier alpha value is -1.59. The molecule has 0 bridgehead atoms. The van der Waals surface area contributed by atoms with Crippen LogP contribution in [0.4, 0.5) is 0 Å². The Kier molecular flexibility index (Phi) is 6.65. The van der Waals surface area contributed by atoms with Crippen molar-refractivity contribution in [2.45, 2.75) is 45.8 Å². The largest absolute Gasteiger partial charge is 0.497 e. The Bertz CT molecular complexity index is 464. The number of methoxy groups -OCH3 is 1. The molecule has 0 spiro atoms. The Balaban J connectivity index is 3.07. The standard InChI is InChI=1S/C16H25NO4/c1-5-6-17-13(9-14(18)19)16(20)15-10(2)7-12(21-4)8-11(15)3/h7-8,13,16-17,20H,5-6,9H2,1-4H3,(H,18,19). The minimum absolute atomic E-state index is 0.119. The number of nitrogens with one attached hydrogen (secondary N) is 1. The highest BCUT2D eigenvalue weighted by Crippen LogP contribution is 2.29. The van der Waals surface area contributed by atoms with Crippen molar-refractivity contribution in [1.82, 2.24) is 5.32 Å². The van der Waals surface area contributed by atoms with Gasteiger partial charge in [0.15, 0.2) is 0 Å². The minimum Gasteiger partial charge on any atom is -0.497 e. The van der Waals surface area contributed by atoms with Crippen LogP contribution in [0.3, 0.4) is 0 Å². The van der Waals surface area contributed by atoms with Gasteiger partial charge in [-0.25, -0.2) is 0 Å². The van der Waals surface area contributed by atoms with Gasteiger partial charge in [0, 0.05) is 6.04 Å². The summed E-state index contributed by atoms with van der Waals surface area (Å²) in [7, 11) is 1.60. The zero-order valence-corrected chi connectivity index (χ0v) is 13.1. The first-order valence-electron chi connectivity index (χ1n) is 7.19. The average molecular weight is 295 g/mol. The summed E-state index contributed by atoms with van der Waals surface area (Å²) in [5.41, 5.74) is 2.56. The molecule has 0 aliphatic carbocycles. The number of hydrogen-bond acceptors (Lipinski definition) is 4. The van der Waals surface area contributed by atoms with Crippen LogP contribution in [0.2, 0.25) is 0 Å². The maximum absolute atomic E-state index is 11.0. The molecule has 0 saturated carbocycles. The smallest absolute Gasteiger partial charge is 0.305 e. The molecule has 0 heterocycles. The Morgan fingerprint density at radius 1 is 1.33 bits per heavy atom. The molecule has 0 fully saturated rings. The predicted octanol–water partition coefficient (Wildman–Crippen LogP) is 2.19. The van der Waals surface area contributed by atoms with Crippen molar-refractivity contribution in [1.29, 1.82) is 0 Å². The van der Waals surface area contributed by atoms with Gasteiger partial charge in [-0.2, -0.15) is 0 Å². The quantitative estimate of drug-likeness (QED) is 0.685. The van der Waals surface area contributed by atoms with Crippen LogP contribution in [0.5, 0.6) is 5.75 Å². The van der Waals surface area contributed by atoms with Crippen LogP contribution < -0.4 is 10.1 Å². The van der Waals surface area contributed by atoms with Crippen molar-refractivity contribution in [2.24, 2.45) is 0 Å². The molecule has 0 aromatic heterocycles. The third-order valence-corrected chi connectivity index (χ3v) is 3.53.